The Balaban J connectivity index is 2.67. The van der Waals surface area contributed by atoms with Crippen LogP contribution in [0.25, 0.3) is 0 Å². The molecule has 4 heteroatoms. The van der Waals surface area contributed by atoms with E-state index in [2.05, 4.69) is 70.9 Å². The van der Waals surface area contributed by atoms with Crippen molar-refractivity contribution in [2.45, 2.75) is 72.4 Å². The fraction of sp³-hybridized carbons (Fsp3) is 0.632. The lowest BCUT2D eigenvalue weighted by Crippen LogP contribution is -2.61. The normalized spacial score (nSPS) is 21.1. The van der Waals surface area contributed by atoms with E-state index in [1.807, 2.05) is 0 Å². The molecule has 0 spiro atoms. The largest absolute Gasteiger partial charge is 0.354 e. The molecule has 1 aliphatic heterocycles. The molecule has 0 fully saturated rings. The van der Waals surface area contributed by atoms with Crippen molar-refractivity contribution in [2.24, 2.45) is 11.8 Å². The topological polar surface area (TPSA) is 58.4 Å². The minimum Gasteiger partial charge on any atom is -0.354 e. The Kier molecular flexibility index (Phi) is 4.76. The molecular weight excluding hydrogens is 286 g/mol. The quantitative estimate of drug-likeness (QED) is 0.510. The molecule has 0 radical (unpaired) electrons. The van der Waals surface area contributed by atoms with E-state index in [4.69, 9.17) is 5.84 Å². The number of nitrogens with one attached hydrogen (secondary N) is 1. The number of nitrogens with two attached hydrogens (primary N) is 1. The third kappa shape index (κ3) is 3.09. The zero-order chi connectivity index (χ0) is 17.5. The summed E-state index contributed by atoms with van der Waals surface area (Å²) in [5.74, 6) is 6.01. The first-order chi connectivity index (χ1) is 10.6. The van der Waals surface area contributed by atoms with Gasteiger partial charge in [-0.25, -0.2) is 5.84 Å². The lowest BCUT2D eigenvalue weighted by molar-refractivity contribution is -0.123. The van der Waals surface area contributed by atoms with E-state index < -0.39 is 0 Å². The fourth-order valence-corrected chi connectivity index (χ4v) is 4.04. The van der Waals surface area contributed by atoms with E-state index >= 15 is 0 Å². The number of amides is 1. The number of hydrogen-bond acceptors (Lipinski definition) is 3. The molecule has 1 aromatic carbocycles. The summed E-state index contributed by atoms with van der Waals surface area (Å²) in [5, 5.41) is 0. The van der Waals surface area contributed by atoms with Crippen LogP contribution < -0.4 is 16.2 Å². The van der Waals surface area contributed by atoms with Crippen molar-refractivity contribution in [1.82, 2.24) is 5.43 Å². The summed E-state index contributed by atoms with van der Waals surface area (Å²) in [6.45, 7) is 15.2. The fourth-order valence-electron chi connectivity index (χ4n) is 4.04. The molecule has 128 valence electrons. The molecule has 23 heavy (non-hydrogen) atoms. The van der Waals surface area contributed by atoms with Gasteiger partial charge in [0.05, 0.1) is 0 Å². The van der Waals surface area contributed by atoms with Crippen LogP contribution in [0.15, 0.2) is 12.1 Å². The highest BCUT2D eigenvalue weighted by Crippen LogP contribution is 2.46. The summed E-state index contributed by atoms with van der Waals surface area (Å²) in [4.78, 5) is 14.8. The standard InChI is InChI=1S/C19H31N3O/c1-11(2)17(18(23)21-20)22-16-9-13(4)12(3)8-15(16)14(5)10-19(22,6)7/h8-9,11,14,17H,10,20H2,1-7H3,(H,21,23)/t14-,17-/m1/s1. The summed E-state index contributed by atoms with van der Waals surface area (Å²) >= 11 is 0. The van der Waals surface area contributed by atoms with Gasteiger partial charge in [-0.2, -0.15) is 0 Å². The molecule has 0 bridgehead atoms. The van der Waals surface area contributed by atoms with Crippen molar-refractivity contribution in [1.29, 1.82) is 0 Å². The van der Waals surface area contributed by atoms with Gasteiger partial charge in [-0.3, -0.25) is 10.2 Å². The number of carbonyl (C=O) groups excluding carboxylic acids is 1. The van der Waals surface area contributed by atoms with E-state index in [0.29, 0.717) is 5.92 Å². The van der Waals surface area contributed by atoms with Crippen LogP contribution in [0.4, 0.5) is 5.69 Å². The Morgan fingerprint density at radius 2 is 1.87 bits per heavy atom. The zero-order valence-electron chi connectivity index (χ0n) is 15.5. The third-order valence-electron chi connectivity index (χ3n) is 5.21. The minimum atomic E-state index is -0.275. The first-order valence-corrected chi connectivity index (χ1v) is 8.51. The lowest BCUT2D eigenvalue weighted by atomic mass is 9.77. The van der Waals surface area contributed by atoms with Gasteiger partial charge in [0.15, 0.2) is 0 Å². The molecule has 3 N–H and O–H groups in total. The van der Waals surface area contributed by atoms with Crippen LogP contribution in [0.2, 0.25) is 0 Å². The monoisotopic (exact) mass is 317 g/mol. The van der Waals surface area contributed by atoms with Crippen molar-refractivity contribution >= 4 is 11.6 Å². The minimum absolute atomic E-state index is 0.102. The van der Waals surface area contributed by atoms with Crippen LogP contribution in [0.5, 0.6) is 0 Å². The summed E-state index contributed by atoms with van der Waals surface area (Å²) in [6, 6.07) is 4.25. The molecule has 1 amide bonds. The number of anilines is 1. The molecular formula is C19H31N3O. The van der Waals surface area contributed by atoms with Crippen LogP contribution >= 0.6 is 0 Å². The number of benzene rings is 1. The highest BCUT2D eigenvalue weighted by Gasteiger charge is 2.43. The lowest BCUT2D eigenvalue weighted by Gasteiger charge is -2.51. The average Bonchev–Trinajstić information content (AvgIpc) is 2.44. The highest BCUT2D eigenvalue weighted by atomic mass is 16.2. The van der Waals surface area contributed by atoms with Gasteiger partial charge in [-0.05, 0) is 68.7 Å². The number of aryl methyl sites for hydroxylation is 2. The molecule has 0 saturated carbocycles. The molecule has 2 atom stereocenters. The van der Waals surface area contributed by atoms with E-state index in [0.717, 1.165) is 6.42 Å². The molecule has 0 aliphatic carbocycles. The Labute approximate surface area is 140 Å². The smallest absolute Gasteiger partial charge is 0.256 e. The van der Waals surface area contributed by atoms with Gasteiger partial charge in [0.25, 0.3) is 5.91 Å². The van der Waals surface area contributed by atoms with Crippen LogP contribution in [0.3, 0.4) is 0 Å². The molecule has 4 nitrogen and oxygen atoms in total. The molecule has 0 saturated heterocycles. The molecule has 1 heterocycles. The second kappa shape index (κ2) is 6.16. The molecule has 0 unspecified atom stereocenters. The number of hydrogen-bond donors (Lipinski definition) is 2. The SMILES string of the molecule is Cc1cc2c(cc1C)N([C@@H](C(=O)NN)C(C)C)C(C)(C)C[C@H]2C. The maximum Gasteiger partial charge on any atom is 0.256 e. The first-order valence-electron chi connectivity index (χ1n) is 8.51. The predicted octanol–water partition coefficient (Wildman–Crippen LogP) is 3.41. The van der Waals surface area contributed by atoms with Gasteiger partial charge < -0.3 is 4.90 Å². The highest BCUT2D eigenvalue weighted by molar-refractivity contribution is 5.86. The van der Waals surface area contributed by atoms with Gasteiger partial charge in [-0.1, -0.05) is 26.8 Å². The van der Waals surface area contributed by atoms with E-state index in [1.54, 1.807) is 0 Å². The Bertz CT molecular complexity index is 607. The van der Waals surface area contributed by atoms with Crippen molar-refractivity contribution in [3.8, 4) is 0 Å². The van der Waals surface area contributed by atoms with Crippen molar-refractivity contribution in [3.63, 3.8) is 0 Å². The van der Waals surface area contributed by atoms with Crippen molar-refractivity contribution in [3.05, 3.63) is 28.8 Å². The molecule has 1 aromatic rings. The molecule has 2 rings (SSSR count). The van der Waals surface area contributed by atoms with E-state index in [1.165, 1.54) is 22.4 Å². The number of fused-ring (bicyclic) bond motifs is 1. The Hall–Kier alpha value is -1.55. The summed E-state index contributed by atoms with van der Waals surface area (Å²) in [6.07, 6.45) is 1.02. The van der Waals surface area contributed by atoms with Crippen molar-refractivity contribution < 1.29 is 4.79 Å². The summed E-state index contributed by atoms with van der Waals surface area (Å²) in [5.41, 5.74) is 7.35. The van der Waals surface area contributed by atoms with Crippen molar-refractivity contribution in [2.75, 3.05) is 4.90 Å². The maximum absolute atomic E-state index is 12.5. The number of nitrogens with zero attached hydrogens (tertiary/aromatic N) is 1. The predicted molar refractivity (Wildman–Crippen MR) is 96.5 cm³/mol. The average molecular weight is 317 g/mol. The Morgan fingerprint density at radius 3 is 2.39 bits per heavy atom. The maximum atomic E-state index is 12.5. The van der Waals surface area contributed by atoms with E-state index in [-0.39, 0.29) is 23.4 Å². The summed E-state index contributed by atoms with van der Waals surface area (Å²) < 4.78 is 0. The van der Waals surface area contributed by atoms with E-state index in [9.17, 15) is 4.79 Å². The second-order valence-corrected chi connectivity index (χ2v) is 7.98. The van der Waals surface area contributed by atoms with Crippen LogP contribution in [0, 0.1) is 19.8 Å². The summed E-state index contributed by atoms with van der Waals surface area (Å²) in [7, 11) is 0. The molecule has 1 aliphatic rings. The number of hydrazine groups is 1. The van der Waals surface area contributed by atoms with Crippen LogP contribution in [-0.2, 0) is 4.79 Å². The Morgan fingerprint density at radius 1 is 1.30 bits per heavy atom. The van der Waals surface area contributed by atoms with Gasteiger partial charge >= 0.3 is 0 Å². The van der Waals surface area contributed by atoms with Crippen LogP contribution in [0.1, 0.15) is 63.6 Å². The third-order valence-corrected chi connectivity index (χ3v) is 5.21. The number of rotatable bonds is 3. The zero-order valence-corrected chi connectivity index (χ0v) is 15.5. The van der Waals surface area contributed by atoms with Gasteiger partial charge in [0.2, 0.25) is 0 Å². The molecule has 0 aromatic heterocycles. The second-order valence-electron chi connectivity index (χ2n) is 7.98. The van der Waals surface area contributed by atoms with Gasteiger partial charge in [-0.15, -0.1) is 0 Å². The number of carbonyl (C=O) groups is 1. The van der Waals surface area contributed by atoms with Gasteiger partial charge in [0.1, 0.15) is 6.04 Å². The van der Waals surface area contributed by atoms with Crippen LogP contribution in [-0.4, -0.2) is 17.5 Å². The van der Waals surface area contributed by atoms with Gasteiger partial charge in [0, 0.05) is 11.2 Å². The first kappa shape index (κ1) is 17.8.